The van der Waals surface area contributed by atoms with Crippen LogP contribution in [-0.2, 0) is 9.53 Å². The summed E-state index contributed by atoms with van der Waals surface area (Å²) in [6.07, 6.45) is 7.69. The predicted molar refractivity (Wildman–Crippen MR) is 132 cm³/mol. The number of ether oxygens (including phenoxy) is 1. The SMILES string of the molecule is O=C(OCC(=O)N1N=C2C(=Cc3ccco3)CCCC2C1c1ccco1)c1n[nH]c(=O)c2ccccc12. The molecule has 1 fully saturated rings. The number of benzene rings is 1. The minimum atomic E-state index is -0.821. The lowest BCUT2D eigenvalue weighted by atomic mass is 9.79. The van der Waals surface area contributed by atoms with Crippen LogP contribution < -0.4 is 5.56 Å². The third kappa shape index (κ3) is 4.16. The third-order valence-corrected chi connectivity index (χ3v) is 6.67. The molecule has 37 heavy (non-hydrogen) atoms. The lowest BCUT2D eigenvalue weighted by molar-refractivity contribution is -0.137. The fourth-order valence-electron chi connectivity index (χ4n) is 5.02. The predicted octanol–water partition coefficient (Wildman–Crippen LogP) is 4.09. The molecule has 2 aliphatic rings. The summed E-state index contributed by atoms with van der Waals surface area (Å²) in [7, 11) is 0. The van der Waals surface area contributed by atoms with Crippen molar-refractivity contribution in [3.8, 4) is 0 Å². The summed E-state index contributed by atoms with van der Waals surface area (Å²) in [6.45, 7) is -0.550. The molecule has 1 aliphatic carbocycles. The summed E-state index contributed by atoms with van der Waals surface area (Å²) in [6, 6.07) is 13.4. The number of fused-ring (bicyclic) bond motifs is 2. The molecule has 4 aromatic rings. The Hall–Kier alpha value is -4.73. The van der Waals surface area contributed by atoms with Crippen LogP contribution in [0.4, 0.5) is 0 Å². The fraction of sp³-hybridized carbons (Fsp3) is 0.222. The number of esters is 1. The minimum Gasteiger partial charge on any atom is -0.467 e. The first kappa shape index (κ1) is 22.7. The van der Waals surface area contributed by atoms with Crippen molar-refractivity contribution in [1.82, 2.24) is 15.2 Å². The quantitative estimate of drug-likeness (QED) is 0.410. The van der Waals surface area contributed by atoms with Gasteiger partial charge in [-0.05, 0) is 61.2 Å². The zero-order valence-corrected chi connectivity index (χ0v) is 19.6. The Morgan fingerprint density at radius 1 is 1.08 bits per heavy atom. The number of amides is 1. The second kappa shape index (κ2) is 9.38. The van der Waals surface area contributed by atoms with Gasteiger partial charge in [0.15, 0.2) is 12.3 Å². The molecule has 0 bridgehead atoms. The summed E-state index contributed by atoms with van der Waals surface area (Å²) < 4.78 is 16.5. The molecule has 10 nitrogen and oxygen atoms in total. The molecule has 0 spiro atoms. The van der Waals surface area contributed by atoms with Gasteiger partial charge in [-0.2, -0.15) is 10.2 Å². The highest BCUT2D eigenvalue weighted by Crippen LogP contribution is 2.44. The first-order chi connectivity index (χ1) is 18.1. The minimum absolute atomic E-state index is 0.0643. The number of aromatic nitrogens is 2. The number of carbonyl (C=O) groups excluding carboxylic acids is 2. The topological polar surface area (TPSA) is 131 Å². The third-order valence-electron chi connectivity index (χ3n) is 6.67. The van der Waals surface area contributed by atoms with Gasteiger partial charge in [-0.15, -0.1) is 0 Å². The number of hydrogen-bond acceptors (Lipinski definition) is 8. The van der Waals surface area contributed by atoms with Crippen LogP contribution in [0.15, 0.2) is 85.4 Å². The van der Waals surface area contributed by atoms with E-state index in [1.807, 2.05) is 24.3 Å². The second-order valence-electron chi connectivity index (χ2n) is 8.89. The van der Waals surface area contributed by atoms with Gasteiger partial charge in [0, 0.05) is 11.3 Å². The zero-order chi connectivity index (χ0) is 25.4. The Morgan fingerprint density at radius 2 is 1.89 bits per heavy atom. The molecule has 1 aromatic carbocycles. The van der Waals surface area contributed by atoms with E-state index in [0.717, 1.165) is 30.5 Å². The van der Waals surface area contributed by atoms with Crippen LogP contribution in [0.3, 0.4) is 0 Å². The van der Waals surface area contributed by atoms with Crippen molar-refractivity contribution in [2.45, 2.75) is 25.3 Å². The number of furan rings is 2. The Morgan fingerprint density at radius 3 is 2.68 bits per heavy atom. The highest BCUT2D eigenvalue weighted by molar-refractivity contribution is 6.08. The monoisotopic (exact) mass is 498 g/mol. The van der Waals surface area contributed by atoms with Crippen molar-refractivity contribution >= 4 is 34.4 Å². The Labute approximate surface area is 210 Å². The van der Waals surface area contributed by atoms with Crippen LogP contribution in [-0.4, -0.2) is 39.4 Å². The summed E-state index contributed by atoms with van der Waals surface area (Å²) in [5.74, 6) is -0.0606. The van der Waals surface area contributed by atoms with E-state index >= 15 is 0 Å². The van der Waals surface area contributed by atoms with Crippen LogP contribution in [0.25, 0.3) is 16.8 Å². The van der Waals surface area contributed by atoms with Crippen LogP contribution in [0.1, 0.15) is 47.3 Å². The van der Waals surface area contributed by atoms with E-state index in [1.165, 1.54) is 5.01 Å². The van der Waals surface area contributed by atoms with Crippen LogP contribution in [0.5, 0.6) is 0 Å². The molecule has 4 heterocycles. The molecule has 1 amide bonds. The van der Waals surface area contributed by atoms with Crippen LogP contribution in [0, 0.1) is 5.92 Å². The van der Waals surface area contributed by atoms with Crippen molar-refractivity contribution < 1.29 is 23.2 Å². The molecule has 1 aliphatic heterocycles. The molecule has 2 unspecified atom stereocenters. The van der Waals surface area contributed by atoms with Gasteiger partial charge in [-0.1, -0.05) is 18.2 Å². The molecule has 2 atom stereocenters. The highest BCUT2D eigenvalue weighted by atomic mass is 16.5. The number of H-pyrrole nitrogens is 1. The number of rotatable bonds is 5. The van der Waals surface area contributed by atoms with E-state index < -0.39 is 30.1 Å². The first-order valence-electron chi connectivity index (χ1n) is 11.9. The van der Waals surface area contributed by atoms with E-state index in [1.54, 1.807) is 42.9 Å². The van der Waals surface area contributed by atoms with Crippen molar-refractivity contribution in [3.63, 3.8) is 0 Å². The molecule has 0 saturated heterocycles. The van der Waals surface area contributed by atoms with Gasteiger partial charge in [0.05, 0.1) is 23.6 Å². The molecule has 1 N–H and O–H groups in total. The van der Waals surface area contributed by atoms with Gasteiger partial charge < -0.3 is 13.6 Å². The normalized spacial score (nSPS) is 20.2. The molecule has 0 radical (unpaired) electrons. The maximum atomic E-state index is 13.4. The highest BCUT2D eigenvalue weighted by Gasteiger charge is 2.45. The Kier molecular flexibility index (Phi) is 5.76. The molecule has 3 aromatic heterocycles. The van der Waals surface area contributed by atoms with E-state index in [2.05, 4.69) is 10.2 Å². The van der Waals surface area contributed by atoms with E-state index in [0.29, 0.717) is 22.3 Å². The number of allylic oxidation sites excluding steroid dienone is 1. The molecule has 6 rings (SSSR count). The fourth-order valence-corrected chi connectivity index (χ4v) is 5.02. The van der Waals surface area contributed by atoms with Crippen molar-refractivity contribution in [3.05, 3.63) is 94.2 Å². The maximum Gasteiger partial charge on any atom is 0.359 e. The molecular weight excluding hydrogens is 476 g/mol. The zero-order valence-electron chi connectivity index (χ0n) is 19.6. The van der Waals surface area contributed by atoms with Crippen LogP contribution in [0.2, 0.25) is 0 Å². The molecule has 186 valence electrons. The van der Waals surface area contributed by atoms with Crippen molar-refractivity contribution in [2.24, 2.45) is 11.0 Å². The standard InChI is InChI=1S/C27H22N4O6/c32-22(15-37-27(34)24-18-8-1-2-9-19(18)26(33)29-28-24)31-25(21-11-5-13-36-21)20-10-3-6-16(23(20)30-31)14-17-7-4-12-35-17/h1-2,4-5,7-9,11-14,20,25H,3,6,10,15H2,(H,29,33). The number of hydrogen-bond donors (Lipinski definition) is 1. The molecule has 1 saturated carbocycles. The van der Waals surface area contributed by atoms with Gasteiger partial charge in [-0.25, -0.2) is 14.9 Å². The average Bonchev–Trinajstić information content (AvgIpc) is 3.69. The van der Waals surface area contributed by atoms with Gasteiger partial charge >= 0.3 is 5.97 Å². The maximum absolute atomic E-state index is 13.4. The largest absolute Gasteiger partial charge is 0.467 e. The summed E-state index contributed by atoms with van der Waals surface area (Å²) in [4.78, 5) is 38.2. The van der Waals surface area contributed by atoms with Crippen molar-refractivity contribution in [2.75, 3.05) is 6.61 Å². The van der Waals surface area contributed by atoms with Crippen LogP contribution >= 0.6 is 0 Å². The van der Waals surface area contributed by atoms with E-state index in [4.69, 9.17) is 18.7 Å². The number of hydrazone groups is 1. The van der Waals surface area contributed by atoms with Gasteiger partial charge in [-0.3, -0.25) is 9.59 Å². The first-order valence-corrected chi connectivity index (χ1v) is 11.9. The summed E-state index contributed by atoms with van der Waals surface area (Å²) in [5.41, 5.74) is 1.31. The Bertz CT molecular complexity index is 1580. The average molecular weight is 498 g/mol. The lowest BCUT2D eigenvalue weighted by Gasteiger charge is -2.27. The van der Waals surface area contributed by atoms with Gasteiger partial charge in [0.25, 0.3) is 11.5 Å². The van der Waals surface area contributed by atoms with E-state index in [-0.39, 0.29) is 11.6 Å². The number of nitrogens with one attached hydrogen (secondary N) is 1. The number of nitrogens with zero attached hydrogens (tertiary/aromatic N) is 3. The van der Waals surface area contributed by atoms with E-state index in [9.17, 15) is 14.4 Å². The van der Waals surface area contributed by atoms with Gasteiger partial charge in [0.1, 0.15) is 17.6 Å². The summed E-state index contributed by atoms with van der Waals surface area (Å²) in [5, 5.41) is 12.8. The molecule has 10 heteroatoms. The second-order valence-corrected chi connectivity index (χ2v) is 8.89. The number of carbonyl (C=O) groups is 2. The van der Waals surface area contributed by atoms with Crippen molar-refractivity contribution in [1.29, 1.82) is 0 Å². The van der Waals surface area contributed by atoms with Gasteiger partial charge in [0.2, 0.25) is 0 Å². The Balaban J connectivity index is 1.27. The summed E-state index contributed by atoms with van der Waals surface area (Å²) >= 11 is 0. The molecular formula is C27H22N4O6. The number of aromatic amines is 1. The smallest absolute Gasteiger partial charge is 0.359 e. The lowest BCUT2D eigenvalue weighted by Crippen LogP contribution is -2.34.